The van der Waals surface area contributed by atoms with E-state index in [1.165, 1.54) is 0 Å². The SMILES string of the molecule is CC(Cc1cc(Oc2ccccc2)ccc1O)C[Si](C)(O[SiH](C)C)O[Si](C)(C)C. The summed E-state index contributed by atoms with van der Waals surface area (Å²) in [6, 6.07) is 16.1. The lowest BCUT2D eigenvalue weighted by Gasteiger charge is -2.37. The van der Waals surface area contributed by atoms with Crippen molar-refractivity contribution in [3.63, 3.8) is 0 Å². The minimum atomic E-state index is -2.25. The van der Waals surface area contributed by atoms with E-state index < -0.39 is 25.9 Å². The number of benzene rings is 2. The second-order valence-corrected chi connectivity index (χ2v) is 20.0. The number of para-hydroxylation sites is 1. The third-order valence-corrected chi connectivity index (χ3v) is 13.8. The molecule has 2 aromatic rings. The molecule has 160 valence electrons. The molecule has 0 aliphatic rings. The molecule has 29 heavy (non-hydrogen) atoms. The van der Waals surface area contributed by atoms with Crippen molar-refractivity contribution < 1.29 is 18.1 Å². The fraction of sp³-hybridized carbons (Fsp3) is 0.455. The quantitative estimate of drug-likeness (QED) is 0.434. The lowest BCUT2D eigenvalue weighted by molar-refractivity contribution is 0.375. The van der Waals surface area contributed by atoms with Crippen LogP contribution in [-0.4, -0.2) is 31.0 Å². The van der Waals surface area contributed by atoms with Gasteiger partial charge in [0, 0.05) is 0 Å². The average Bonchev–Trinajstić information content (AvgIpc) is 2.55. The molecule has 0 amide bonds. The third kappa shape index (κ3) is 8.47. The van der Waals surface area contributed by atoms with Crippen LogP contribution in [0.15, 0.2) is 48.5 Å². The van der Waals surface area contributed by atoms with E-state index in [1.807, 2.05) is 36.4 Å². The Balaban J connectivity index is 2.11. The van der Waals surface area contributed by atoms with Crippen LogP contribution in [0.5, 0.6) is 17.2 Å². The molecular formula is C22H36O4Si3. The van der Waals surface area contributed by atoms with Gasteiger partial charge in [-0.2, -0.15) is 0 Å². The molecule has 2 unspecified atom stereocenters. The molecule has 0 fully saturated rings. The average molecular weight is 449 g/mol. The van der Waals surface area contributed by atoms with E-state index in [2.05, 4.69) is 46.2 Å². The molecule has 0 bridgehead atoms. The maximum absolute atomic E-state index is 10.4. The molecule has 0 heterocycles. The Morgan fingerprint density at radius 3 is 2.21 bits per heavy atom. The van der Waals surface area contributed by atoms with Crippen LogP contribution in [0.25, 0.3) is 0 Å². The summed E-state index contributed by atoms with van der Waals surface area (Å²) in [5, 5.41) is 10.4. The van der Waals surface area contributed by atoms with Crippen LogP contribution in [0.3, 0.4) is 0 Å². The summed E-state index contributed by atoms with van der Waals surface area (Å²) >= 11 is 0. The van der Waals surface area contributed by atoms with Crippen molar-refractivity contribution >= 4 is 25.9 Å². The molecule has 2 rings (SSSR count). The molecule has 0 aliphatic heterocycles. The summed E-state index contributed by atoms with van der Waals surface area (Å²) in [5.41, 5.74) is 0.900. The Morgan fingerprint density at radius 2 is 1.62 bits per heavy atom. The minimum Gasteiger partial charge on any atom is -0.508 e. The van der Waals surface area contributed by atoms with Gasteiger partial charge in [0.1, 0.15) is 17.2 Å². The van der Waals surface area contributed by atoms with Crippen molar-refractivity contribution in [2.75, 3.05) is 0 Å². The third-order valence-electron chi connectivity index (χ3n) is 4.32. The van der Waals surface area contributed by atoms with Crippen molar-refractivity contribution in [3.05, 3.63) is 54.1 Å². The molecule has 0 saturated carbocycles. The molecule has 0 aliphatic carbocycles. The Bertz CT molecular complexity index is 777. The molecule has 0 saturated heterocycles. The topological polar surface area (TPSA) is 47.9 Å². The van der Waals surface area contributed by atoms with Gasteiger partial charge in [0.05, 0.1) is 0 Å². The molecule has 0 spiro atoms. The van der Waals surface area contributed by atoms with Crippen molar-refractivity contribution in [2.24, 2.45) is 5.92 Å². The molecule has 2 atom stereocenters. The van der Waals surface area contributed by atoms with Gasteiger partial charge in [-0.15, -0.1) is 0 Å². The van der Waals surface area contributed by atoms with E-state index >= 15 is 0 Å². The number of aromatic hydroxyl groups is 1. The van der Waals surface area contributed by atoms with E-state index in [0.717, 1.165) is 29.5 Å². The van der Waals surface area contributed by atoms with E-state index in [4.69, 9.17) is 13.0 Å². The predicted octanol–water partition coefficient (Wildman–Crippen LogP) is 6.29. The summed E-state index contributed by atoms with van der Waals surface area (Å²) in [7, 11) is -5.14. The second kappa shape index (κ2) is 10.1. The zero-order valence-electron chi connectivity index (χ0n) is 18.9. The van der Waals surface area contributed by atoms with Crippen LogP contribution in [0.1, 0.15) is 12.5 Å². The lowest BCUT2D eigenvalue weighted by Crippen LogP contribution is -2.50. The van der Waals surface area contributed by atoms with Crippen molar-refractivity contribution in [1.82, 2.24) is 0 Å². The van der Waals surface area contributed by atoms with Gasteiger partial charge in [-0.1, -0.05) is 25.1 Å². The van der Waals surface area contributed by atoms with E-state index in [-0.39, 0.29) is 0 Å². The highest BCUT2D eigenvalue weighted by atomic mass is 28.5. The van der Waals surface area contributed by atoms with E-state index in [1.54, 1.807) is 12.1 Å². The number of hydrogen-bond donors (Lipinski definition) is 1. The fourth-order valence-corrected chi connectivity index (χ4v) is 15.7. The largest absolute Gasteiger partial charge is 0.508 e. The normalized spacial score (nSPS) is 15.2. The first-order valence-electron chi connectivity index (χ1n) is 10.4. The minimum absolute atomic E-state index is 0.311. The van der Waals surface area contributed by atoms with Crippen molar-refractivity contribution in [1.29, 1.82) is 0 Å². The Labute approximate surface area is 180 Å². The van der Waals surface area contributed by atoms with Gasteiger partial charge in [-0.05, 0) is 93.6 Å². The molecule has 7 heteroatoms. The Morgan fingerprint density at radius 1 is 0.966 bits per heavy atom. The van der Waals surface area contributed by atoms with Crippen LogP contribution in [0.2, 0.25) is 45.3 Å². The number of phenols is 1. The number of ether oxygens (including phenoxy) is 1. The molecule has 0 aromatic heterocycles. The van der Waals surface area contributed by atoms with Crippen LogP contribution in [0.4, 0.5) is 0 Å². The number of rotatable bonds is 10. The summed E-state index contributed by atoms with van der Waals surface area (Å²) < 4.78 is 19.0. The standard InChI is InChI=1S/C22H36O4Si3/c1-18(17-29(7,25-27(2)3)26-28(4,5)6)15-19-16-21(13-14-22(19)23)24-20-11-9-8-10-12-20/h8-14,16,18,23,27H,15,17H2,1-7H3. The van der Waals surface area contributed by atoms with Gasteiger partial charge >= 0.3 is 8.56 Å². The van der Waals surface area contributed by atoms with Crippen LogP contribution in [-0.2, 0) is 14.7 Å². The maximum atomic E-state index is 10.4. The van der Waals surface area contributed by atoms with Gasteiger partial charge < -0.3 is 18.1 Å². The van der Waals surface area contributed by atoms with Gasteiger partial charge in [0.25, 0.3) is 0 Å². The molecule has 0 radical (unpaired) electrons. The maximum Gasteiger partial charge on any atom is 0.314 e. The highest BCUT2D eigenvalue weighted by Crippen LogP contribution is 2.32. The van der Waals surface area contributed by atoms with Crippen molar-refractivity contribution in [2.45, 2.75) is 58.7 Å². The highest BCUT2D eigenvalue weighted by molar-refractivity contribution is 6.84. The Hall–Kier alpha value is -1.39. The summed E-state index contributed by atoms with van der Waals surface area (Å²) in [6.07, 6.45) is 0.762. The fourth-order valence-electron chi connectivity index (χ4n) is 3.75. The molecular weight excluding hydrogens is 412 g/mol. The molecule has 2 aromatic carbocycles. The first-order chi connectivity index (χ1) is 13.5. The van der Waals surface area contributed by atoms with Crippen LogP contribution in [0, 0.1) is 5.92 Å². The molecule has 1 N–H and O–H groups in total. The lowest BCUT2D eigenvalue weighted by atomic mass is 10.0. The Kier molecular flexibility index (Phi) is 8.30. The zero-order valence-corrected chi connectivity index (χ0v) is 22.0. The summed E-state index contributed by atoms with van der Waals surface area (Å²) in [5.74, 6) is 2.18. The monoisotopic (exact) mass is 448 g/mol. The predicted molar refractivity (Wildman–Crippen MR) is 128 cm³/mol. The highest BCUT2D eigenvalue weighted by Gasteiger charge is 2.38. The smallest absolute Gasteiger partial charge is 0.314 e. The van der Waals surface area contributed by atoms with Gasteiger partial charge in [-0.25, -0.2) is 0 Å². The summed E-state index contributed by atoms with van der Waals surface area (Å²) in [4.78, 5) is 0. The first-order valence-corrected chi connectivity index (χ1v) is 19.1. The molecule has 4 nitrogen and oxygen atoms in total. The van der Waals surface area contributed by atoms with E-state index in [0.29, 0.717) is 11.7 Å². The van der Waals surface area contributed by atoms with Gasteiger partial charge in [-0.3, -0.25) is 0 Å². The van der Waals surface area contributed by atoms with Gasteiger partial charge in [0.15, 0.2) is 17.4 Å². The number of hydrogen-bond acceptors (Lipinski definition) is 4. The second-order valence-electron chi connectivity index (χ2n) is 9.23. The van der Waals surface area contributed by atoms with Gasteiger partial charge in [0.2, 0.25) is 0 Å². The first kappa shape index (κ1) is 23.9. The van der Waals surface area contributed by atoms with Crippen LogP contribution >= 0.6 is 0 Å². The van der Waals surface area contributed by atoms with Crippen LogP contribution < -0.4 is 4.74 Å². The zero-order chi connectivity index (χ0) is 21.7. The summed E-state index contributed by atoms with van der Waals surface area (Å²) in [6.45, 7) is 15.5. The number of phenolic OH excluding ortho intramolecular Hbond substituents is 1. The van der Waals surface area contributed by atoms with Crippen molar-refractivity contribution in [3.8, 4) is 17.2 Å². The van der Waals surface area contributed by atoms with E-state index in [9.17, 15) is 5.11 Å².